The molecular weight excluding hydrogens is 444 g/mol. The van der Waals surface area contributed by atoms with Gasteiger partial charge in [-0.2, -0.15) is 4.98 Å². The normalized spacial score (nSPS) is 13.0. The monoisotopic (exact) mass is 468 g/mol. The molecule has 33 heavy (non-hydrogen) atoms. The highest BCUT2D eigenvalue weighted by Gasteiger charge is 2.22. The summed E-state index contributed by atoms with van der Waals surface area (Å²) in [5, 5.41) is 3.63. The van der Waals surface area contributed by atoms with Crippen LogP contribution in [0.4, 0.5) is 11.6 Å². The van der Waals surface area contributed by atoms with Gasteiger partial charge >= 0.3 is 11.4 Å². The Hall–Kier alpha value is -3.39. The number of aromatic nitrogens is 3. The lowest BCUT2D eigenvalue weighted by molar-refractivity contribution is -0.119. The predicted octanol–water partition coefficient (Wildman–Crippen LogP) is 3.62. The van der Waals surface area contributed by atoms with E-state index in [1.165, 1.54) is 17.4 Å². The van der Waals surface area contributed by atoms with E-state index in [2.05, 4.69) is 10.3 Å². The van der Waals surface area contributed by atoms with Gasteiger partial charge in [-0.25, -0.2) is 14.2 Å². The Balaban J connectivity index is 1.64. The van der Waals surface area contributed by atoms with Gasteiger partial charge in [0.2, 0.25) is 5.95 Å². The van der Waals surface area contributed by atoms with E-state index in [1.54, 1.807) is 43.3 Å². The second-order valence-electron chi connectivity index (χ2n) is 8.10. The summed E-state index contributed by atoms with van der Waals surface area (Å²) in [6.07, 6.45) is 2.65. The van der Waals surface area contributed by atoms with Gasteiger partial charge in [0.05, 0.1) is 19.7 Å². The van der Waals surface area contributed by atoms with Crippen molar-refractivity contribution in [2.24, 2.45) is 5.92 Å². The summed E-state index contributed by atoms with van der Waals surface area (Å²) in [6, 6.07) is 14.3. The van der Waals surface area contributed by atoms with Gasteiger partial charge in [-0.05, 0) is 60.7 Å². The fourth-order valence-electron chi connectivity index (χ4n) is 3.23. The summed E-state index contributed by atoms with van der Waals surface area (Å²) in [7, 11) is 0. The van der Waals surface area contributed by atoms with E-state index < -0.39 is 11.4 Å². The number of carbonyl (C=O) groups excluding carboxylic acids is 1. The van der Waals surface area contributed by atoms with E-state index in [-0.39, 0.29) is 31.2 Å². The summed E-state index contributed by atoms with van der Waals surface area (Å²) in [5.74, 6) is 1.27. The van der Waals surface area contributed by atoms with E-state index in [4.69, 9.17) is 16.3 Å². The number of nitrogens with zero attached hydrogens (tertiary/aromatic N) is 3. The number of ketones is 1. The molecule has 1 aliphatic rings. The van der Waals surface area contributed by atoms with E-state index in [1.807, 2.05) is 12.1 Å². The molecule has 1 N–H and O–H groups in total. The minimum absolute atomic E-state index is 0.0896. The Morgan fingerprint density at radius 2 is 1.79 bits per heavy atom. The summed E-state index contributed by atoms with van der Waals surface area (Å²) < 4.78 is 7.96. The van der Waals surface area contributed by atoms with Crippen molar-refractivity contribution in [2.75, 3.05) is 11.9 Å². The van der Waals surface area contributed by atoms with Crippen LogP contribution in [0.5, 0.6) is 5.75 Å². The molecular formula is C24H25ClN4O4. The van der Waals surface area contributed by atoms with Crippen LogP contribution in [0.25, 0.3) is 0 Å². The van der Waals surface area contributed by atoms with Gasteiger partial charge in [-0.15, -0.1) is 0 Å². The van der Waals surface area contributed by atoms with E-state index in [0.717, 1.165) is 15.9 Å². The molecule has 1 fully saturated rings. The minimum atomic E-state index is -0.777. The first kappa shape index (κ1) is 22.8. The molecule has 0 amide bonds. The molecule has 0 aliphatic heterocycles. The second kappa shape index (κ2) is 10.0. The maximum atomic E-state index is 13.2. The summed E-state index contributed by atoms with van der Waals surface area (Å²) in [4.78, 5) is 41.7. The molecule has 2 aromatic carbocycles. The number of benzene rings is 2. The molecule has 4 rings (SSSR count). The molecule has 9 heteroatoms. The van der Waals surface area contributed by atoms with Gasteiger partial charge in [0, 0.05) is 17.1 Å². The molecule has 1 heterocycles. The number of halogens is 1. The Morgan fingerprint density at radius 3 is 2.42 bits per heavy atom. The highest BCUT2D eigenvalue weighted by Crippen LogP contribution is 2.29. The van der Waals surface area contributed by atoms with Crippen LogP contribution in [-0.2, 0) is 17.9 Å². The smallest absolute Gasteiger partial charge is 0.355 e. The molecule has 1 aliphatic carbocycles. The summed E-state index contributed by atoms with van der Waals surface area (Å²) in [6.45, 7) is 2.23. The third-order valence-electron chi connectivity index (χ3n) is 5.43. The Kier molecular flexibility index (Phi) is 6.93. The van der Waals surface area contributed by atoms with Crippen molar-refractivity contribution < 1.29 is 9.53 Å². The maximum Gasteiger partial charge on any atom is 0.355 e. The first-order chi connectivity index (χ1) is 15.9. The molecule has 0 bridgehead atoms. The van der Waals surface area contributed by atoms with E-state index in [9.17, 15) is 14.4 Å². The molecule has 1 aromatic heterocycles. The van der Waals surface area contributed by atoms with Gasteiger partial charge in [0.1, 0.15) is 5.75 Å². The highest BCUT2D eigenvalue weighted by molar-refractivity contribution is 6.30. The lowest BCUT2D eigenvalue weighted by Gasteiger charge is -2.16. The summed E-state index contributed by atoms with van der Waals surface area (Å²) >= 11 is 5.97. The van der Waals surface area contributed by atoms with Crippen molar-refractivity contribution in [1.29, 1.82) is 0 Å². The standard InChI is InChI=1S/C24H25ClN4O4/c1-2-20(30)14-29-23(31)27-22(28(24(29)32)13-16-5-7-18(25)8-6-16)26-19-9-11-21(12-10-19)33-15-17-3-4-17/h5-12,17H,2-4,13-15H2,1H3,(H,26,27,31). The number of Topliss-reactive ketones (excluding diaryl/α,β-unsaturated/α-hetero) is 1. The van der Waals surface area contributed by atoms with Crippen molar-refractivity contribution in [3.8, 4) is 5.75 Å². The topological polar surface area (TPSA) is 95.2 Å². The molecule has 1 saturated carbocycles. The van der Waals surface area contributed by atoms with Crippen LogP contribution in [0.15, 0.2) is 58.1 Å². The first-order valence-corrected chi connectivity index (χ1v) is 11.3. The third kappa shape index (κ3) is 5.90. The van der Waals surface area contributed by atoms with Crippen LogP contribution in [0.3, 0.4) is 0 Å². The zero-order valence-electron chi connectivity index (χ0n) is 18.3. The van der Waals surface area contributed by atoms with Gasteiger partial charge in [0.25, 0.3) is 0 Å². The molecule has 0 radical (unpaired) electrons. The molecule has 0 saturated heterocycles. The van der Waals surface area contributed by atoms with Crippen molar-refractivity contribution >= 4 is 29.0 Å². The van der Waals surface area contributed by atoms with Gasteiger partial charge in [-0.3, -0.25) is 9.36 Å². The molecule has 3 aromatic rings. The molecule has 0 spiro atoms. The lowest BCUT2D eigenvalue weighted by atomic mass is 10.2. The van der Waals surface area contributed by atoms with Crippen LogP contribution in [-0.4, -0.2) is 26.5 Å². The van der Waals surface area contributed by atoms with Crippen LogP contribution in [0, 0.1) is 5.92 Å². The van der Waals surface area contributed by atoms with Crippen molar-refractivity contribution in [1.82, 2.24) is 14.1 Å². The highest BCUT2D eigenvalue weighted by atomic mass is 35.5. The van der Waals surface area contributed by atoms with E-state index >= 15 is 0 Å². The predicted molar refractivity (Wildman–Crippen MR) is 127 cm³/mol. The van der Waals surface area contributed by atoms with Crippen molar-refractivity contribution in [3.63, 3.8) is 0 Å². The molecule has 8 nitrogen and oxygen atoms in total. The van der Waals surface area contributed by atoms with Crippen LogP contribution in [0.2, 0.25) is 5.02 Å². The fraction of sp³-hybridized carbons (Fsp3) is 0.333. The van der Waals surface area contributed by atoms with Crippen molar-refractivity contribution in [2.45, 2.75) is 39.3 Å². The van der Waals surface area contributed by atoms with Crippen LogP contribution >= 0.6 is 11.6 Å². The number of nitrogens with one attached hydrogen (secondary N) is 1. The SMILES string of the molecule is CCC(=O)Cn1c(=O)nc(Nc2ccc(OCC3CC3)cc2)n(Cc2ccc(Cl)cc2)c1=O. The van der Waals surface area contributed by atoms with Crippen LogP contribution in [0.1, 0.15) is 31.7 Å². The number of hydrogen-bond donors (Lipinski definition) is 1. The fourth-order valence-corrected chi connectivity index (χ4v) is 3.35. The zero-order valence-corrected chi connectivity index (χ0v) is 19.0. The average molecular weight is 469 g/mol. The summed E-state index contributed by atoms with van der Waals surface area (Å²) in [5.41, 5.74) is 0.0502. The van der Waals surface area contributed by atoms with E-state index in [0.29, 0.717) is 23.2 Å². The quantitative estimate of drug-likeness (QED) is 0.488. The molecule has 0 unspecified atom stereocenters. The Morgan fingerprint density at radius 1 is 1.09 bits per heavy atom. The minimum Gasteiger partial charge on any atom is -0.493 e. The number of rotatable bonds is 10. The number of anilines is 2. The zero-order chi connectivity index (χ0) is 23.4. The van der Waals surface area contributed by atoms with Gasteiger partial charge < -0.3 is 10.1 Å². The molecule has 0 atom stereocenters. The second-order valence-corrected chi connectivity index (χ2v) is 8.53. The number of carbonyl (C=O) groups is 1. The van der Waals surface area contributed by atoms with Gasteiger partial charge in [-0.1, -0.05) is 30.7 Å². The van der Waals surface area contributed by atoms with Gasteiger partial charge in [0.15, 0.2) is 5.78 Å². The average Bonchev–Trinajstić information content (AvgIpc) is 3.64. The first-order valence-electron chi connectivity index (χ1n) is 10.9. The van der Waals surface area contributed by atoms with Crippen molar-refractivity contribution in [3.05, 3.63) is 80.1 Å². The Labute approximate surface area is 195 Å². The van der Waals surface area contributed by atoms with Crippen LogP contribution < -0.4 is 21.4 Å². The number of ether oxygens (including phenoxy) is 1. The Bertz CT molecular complexity index is 1250. The molecule has 172 valence electrons. The maximum absolute atomic E-state index is 13.2. The third-order valence-corrected chi connectivity index (χ3v) is 5.68. The number of hydrogen-bond acceptors (Lipinski definition) is 6. The largest absolute Gasteiger partial charge is 0.493 e. The lowest BCUT2D eigenvalue weighted by Crippen LogP contribution is -2.44.